The summed E-state index contributed by atoms with van der Waals surface area (Å²) in [5.41, 5.74) is 3.57. The van der Waals surface area contributed by atoms with Gasteiger partial charge in [-0.05, 0) is 43.2 Å². The van der Waals surface area contributed by atoms with Crippen molar-refractivity contribution in [3.63, 3.8) is 0 Å². The average Bonchev–Trinajstić information content (AvgIpc) is 3.10. The van der Waals surface area contributed by atoms with Crippen LogP contribution in [0.3, 0.4) is 0 Å². The molecular formula is C21H21ClN6OS. The van der Waals surface area contributed by atoms with Crippen LogP contribution in [0.5, 0.6) is 0 Å². The van der Waals surface area contributed by atoms with Crippen LogP contribution in [0.1, 0.15) is 17.5 Å². The van der Waals surface area contributed by atoms with E-state index in [0.717, 1.165) is 16.8 Å². The summed E-state index contributed by atoms with van der Waals surface area (Å²) in [6, 6.07) is 15.1. The van der Waals surface area contributed by atoms with E-state index in [1.54, 1.807) is 17.0 Å². The second-order valence-corrected chi connectivity index (χ2v) is 7.97. The zero-order valence-electron chi connectivity index (χ0n) is 16.7. The Kier molecular flexibility index (Phi) is 6.98. The van der Waals surface area contributed by atoms with Crippen LogP contribution in [0.15, 0.2) is 47.6 Å². The highest BCUT2D eigenvalue weighted by Gasteiger charge is 2.21. The summed E-state index contributed by atoms with van der Waals surface area (Å²) in [5, 5.41) is 18.1. The number of nitrogens with two attached hydrogens (primary N) is 1. The number of amides is 1. The number of hydrogen-bond acceptors (Lipinski definition) is 6. The van der Waals surface area contributed by atoms with Crippen molar-refractivity contribution in [3.8, 4) is 17.5 Å². The molecule has 0 bridgehead atoms. The van der Waals surface area contributed by atoms with Crippen molar-refractivity contribution in [3.05, 3.63) is 58.6 Å². The van der Waals surface area contributed by atoms with Crippen LogP contribution in [0, 0.1) is 25.2 Å². The number of halogens is 1. The Labute approximate surface area is 184 Å². The van der Waals surface area contributed by atoms with E-state index in [2.05, 4.69) is 16.3 Å². The zero-order valence-corrected chi connectivity index (χ0v) is 18.2. The molecule has 7 nitrogen and oxygen atoms in total. The van der Waals surface area contributed by atoms with Gasteiger partial charge in [-0.1, -0.05) is 47.6 Å². The number of nitriles is 1. The maximum Gasteiger partial charge on any atom is 0.237 e. The molecule has 0 aliphatic heterocycles. The summed E-state index contributed by atoms with van der Waals surface area (Å²) < 4.78 is 1.33. The lowest BCUT2D eigenvalue weighted by Crippen LogP contribution is -2.34. The standard InChI is InChI=1S/C21H21ClN6OS/c1-14-7-5-10-18(15(14)2)27(12-6-11-23)19(29)13-30-21-26-25-20(28(21)24)16-8-3-4-9-17(16)22/h3-5,7-10H,6,12-13,24H2,1-2H3. The van der Waals surface area contributed by atoms with Crippen LogP contribution in [-0.2, 0) is 4.79 Å². The van der Waals surface area contributed by atoms with E-state index in [9.17, 15) is 4.79 Å². The maximum absolute atomic E-state index is 13.0. The van der Waals surface area contributed by atoms with Gasteiger partial charge in [0, 0.05) is 17.8 Å². The zero-order chi connectivity index (χ0) is 21.7. The number of hydrogen-bond donors (Lipinski definition) is 1. The van der Waals surface area contributed by atoms with E-state index in [4.69, 9.17) is 22.7 Å². The van der Waals surface area contributed by atoms with Crippen molar-refractivity contribution in [1.29, 1.82) is 5.26 Å². The van der Waals surface area contributed by atoms with Gasteiger partial charge in [0.1, 0.15) is 0 Å². The molecule has 0 aliphatic rings. The third-order valence-electron chi connectivity index (χ3n) is 4.72. The highest BCUT2D eigenvalue weighted by atomic mass is 35.5. The Morgan fingerprint density at radius 3 is 2.73 bits per heavy atom. The topological polar surface area (TPSA) is 101 Å². The molecule has 2 aromatic carbocycles. The van der Waals surface area contributed by atoms with Gasteiger partial charge in [-0.2, -0.15) is 5.26 Å². The van der Waals surface area contributed by atoms with Crippen molar-refractivity contribution in [2.24, 2.45) is 0 Å². The minimum atomic E-state index is -0.133. The Bertz CT molecular complexity index is 1110. The normalized spacial score (nSPS) is 10.6. The number of carbonyl (C=O) groups is 1. The predicted octanol–water partition coefficient (Wildman–Crippen LogP) is 3.97. The third-order valence-corrected chi connectivity index (χ3v) is 5.98. The SMILES string of the molecule is Cc1cccc(N(CCC#N)C(=O)CSc2nnc(-c3ccccc3Cl)n2N)c1C. The number of aryl methyl sites for hydroxylation is 1. The van der Waals surface area contributed by atoms with Gasteiger partial charge in [0.2, 0.25) is 11.1 Å². The van der Waals surface area contributed by atoms with Crippen molar-refractivity contribution < 1.29 is 4.79 Å². The minimum Gasteiger partial charge on any atom is -0.335 e. The Morgan fingerprint density at radius 1 is 1.23 bits per heavy atom. The first-order valence-electron chi connectivity index (χ1n) is 9.25. The Hall–Kier alpha value is -3.02. The number of thioether (sulfide) groups is 1. The van der Waals surface area contributed by atoms with Crippen LogP contribution >= 0.6 is 23.4 Å². The molecule has 1 aromatic heterocycles. The molecule has 0 atom stereocenters. The first-order valence-corrected chi connectivity index (χ1v) is 10.6. The van der Waals surface area contributed by atoms with Gasteiger partial charge in [-0.25, -0.2) is 4.68 Å². The van der Waals surface area contributed by atoms with Gasteiger partial charge in [0.25, 0.3) is 0 Å². The van der Waals surface area contributed by atoms with Crippen LogP contribution in [0.2, 0.25) is 5.02 Å². The van der Waals surface area contributed by atoms with Crippen molar-refractivity contribution in [2.75, 3.05) is 23.0 Å². The van der Waals surface area contributed by atoms with Crippen LogP contribution in [-0.4, -0.2) is 33.1 Å². The third kappa shape index (κ3) is 4.58. The summed E-state index contributed by atoms with van der Waals surface area (Å²) in [5.74, 6) is 6.54. The molecule has 3 rings (SSSR count). The van der Waals surface area contributed by atoms with Crippen LogP contribution in [0.4, 0.5) is 5.69 Å². The van der Waals surface area contributed by atoms with Crippen molar-refractivity contribution >= 4 is 35.0 Å². The van der Waals surface area contributed by atoms with E-state index in [1.165, 1.54) is 16.4 Å². The number of nitrogen functional groups attached to an aromatic ring is 1. The fourth-order valence-electron chi connectivity index (χ4n) is 2.98. The quantitative estimate of drug-likeness (QED) is 0.440. The van der Waals surface area contributed by atoms with E-state index in [0.29, 0.717) is 28.1 Å². The smallest absolute Gasteiger partial charge is 0.237 e. The second-order valence-electron chi connectivity index (χ2n) is 6.62. The van der Waals surface area contributed by atoms with E-state index < -0.39 is 0 Å². The number of aromatic nitrogens is 3. The lowest BCUT2D eigenvalue weighted by molar-refractivity contribution is -0.116. The molecule has 0 aliphatic carbocycles. The first-order chi connectivity index (χ1) is 14.4. The lowest BCUT2D eigenvalue weighted by atomic mass is 10.1. The van der Waals surface area contributed by atoms with Crippen molar-refractivity contribution in [2.45, 2.75) is 25.4 Å². The largest absolute Gasteiger partial charge is 0.335 e. The maximum atomic E-state index is 13.0. The molecule has 0 radical (unpaired) electrons. The van der Waals surface area contributed by atoms with Gasteiger partial charge in [0.05, 0.1) is 23.3 Å². The molecule has 2 N–H and O–H groups in total. The Morgan fingerprint density at radius 2 is 2.00 bits per heavy atom. The average molecular weight is 441 g/mol. The molecule has 30 heavy (non-hydrogen) atoms. The van der Waals surface area contributed by atoms with Gasteiger partial charge in [0.15, 0.2) is 5.82 Å². The van der Waals surface area contributed by atoms with Gasteiger partial charge in [-0.15, -0.1) is 10.2 Å². The molecule has 0 spiro atoms. The van der Waals surface area contributed by atoms with Crippen LogP contribution < -0.4 is 10.7 Å². The summed E-state index contributed by atoms with van der Waals surface area (Å²) in [6.45, 7) is 4.28. The number of nitrogens with zero attached hydrogens (tertiary/aromatic N) is 5. The molecule has 0 saturated carbocycles. The summed E-state index contributed by atoms with van der Waals surface area (Å²) in [7, 11) is 0. The predicted molar refractivity (Wildman–Crippen MR) is 120 cm³/mol. The summed E-state index contributed by atoms with van der Waals surface area (Å²) in [6.07, 6.45) is 0.244. The number of benzene rings is 2. The molecule has 0 unspecified atom stereocenters. The molecule has 1 heterocycles. The van der Waals surface area contributed by atoms with E-state index in [1.807, 2.05) is 44.2 Å². The monoisotopic (exact) mass is 440 g/mol. The molecule has 1 amide bonds. The van der Waals surface area contributed by atoms with Crippen LogP contribution in [0.25, 0.3) is 11.4 Å². The summed E-state index contributed by atoms with van der Waals surface area (Å²) in [4.78, 5) is 14.6. The second kappa shape index (κ2) is 9.65. The molecule has 0 fully saturated rings. The van der Waals surface area contributed by atoms with Crippen molar-refractivity contribution in [1.82, 2.24) is 14.9 Å². The molecule has 154 valence electrons. The first kappa shape index (κ1) is 21.7. The molecule has 9 heteroatoms. The number of rotatable bonds is 7. The van der Waals surface area contributed by atoms with Gasteiger partial charge < -0.3 is 10.7 Å². The van der Waals surface area contributed by atoms with E-state index in [-0.39, 0.29) is 18.1 Å². The molecule has 3 aromatic rings. The van der Waals surface area contributed by atoms with Gasteiger partial charge >= 0.3 is 0 Å². The molecule has 0 saturated heterocycles. The minimum absolute atomic E-state index is 0.108. The summed E-state index contributed by atoms with van der Waals surface area (Å²) >= 11 is 7.41. The molecular weight excluding hydrogens is 420 g/mol. The van der Waals surface area contributed by atoms with E-state index >= 15 is 0 Å². The lowest BCUT2D eigenvalue weighted by Gasteiger charge is -2.24. The number of anilines is 1. The number of carbonyl (C=O) groups excluding carboxylic acids is 1. The Balaban J connectivity index is 1.79. The fraction of sp³-hybridized carbons (Fsp3) is 0.238. The highest BCUT2D eigenvalue weighted by Crippen LogP contribution is 2.28. The fourth-order valence-corrected chi connectivity index (χ4v) is 3.93. The highest BCUT2D eigenvalue weighted by molar-refractivity contribution is 7.99. The van der Waals surface area contributed by atoms with Gasteiger partial charge in [-0.3, -0.25) is 4.79 Å².